The van der Waals surface area contributed by atoms with Crippen LogP contribution in [0.2, 0.25) is 5.02 Å². The summed E-state index contributed by atoms with van der Waals surface area (Å²) < 4.78 is 7.68. The fraction of sp³-hybridized carbons (Fsp3) is 0.133. The van der Waals surface area contributed by atoms with Gasteiger partial charge in [-0.2, -0.15) is 0 Å². The van der Waals surface area contributed by atoms with Crippen molar-refractivity contribution in [1.82, 2.24) is 9.38 Å². The molecule has 3 rings (SSSR count). The van der Waals surface area contributed by atoms with Gasteiger partial charge in [0.1, 0.15) is 12.3 Å². The summed E-state index contributed by atoms with van der Waals surface area (Å²) in [6, 6.07) is 11.8. The van der Waals surface area contributed by atoms with Gasteiger partial charge in [0.2, 0.25) is 0 Å². The lowest BCUT2D eigenvalue weighted by atomic mass is 10.2. The Morgan fingerprint density at radius 3 is 2.79 bits per heavy atom. The number of nitrogens with zero attached hydrogens (tertiary/aromatic N) is 2. The molecule has 0 atom stereocenters. The van der Waals surface area contributed by atoms with Crippen LogP contribution in [0.3, 0.4) is 0 Å². The minimum Gasteiger partial charge on any atom is -0.486 e. The van der Waals surface area contributed by atoms with Crippen molar-refractivity contribution in [3.05, 3.63) is 65.1 Å². The van der Waals surface area contributed by atoms with E-state index in [2.05, 4.69) is 4.98 Å². The lowest BCUT2D eigenvalue weighted by molar-refractivity contribution is 0.305. The van der Waals surface area contributed by atoms with Crippen molar-refractivity contribution in [2.24, 2.45) is 0 Å². The summed E-state index contributed by atoms with van der Waals surface area (Å²) in [4.78, 5) is 4.36. The fourth-order valence-electron chi connectivity index (χ4n) is 1.96. The molecule has 0 saturated carbocycles. The number of aromatic nitrogens is 2. The van der Waals surface area contributed by atoms with Crippen LogP contribution in [0, 0.1) is 6.92 Å². The van der Waals surface area contributed by atoms with E-state index in [4.69, 9.17) is 16.3 Å². The molecular formula is C15H13ClN2O. The number of hydrogen-bond donors (Lipinski definition) is 0. The maximum absolute atomic E-state index is 6.20. The number of aryl methyl sites for hydroxylation is 1. The lowest BCUT2D eigenvalue weighted by Crippen LogP contribution is -1.97. The first-order valence-electron chi connectivity index (χ1n) is 6.04. The Morgan fingerprint density at radius 1 is 1.21 bits per heavy atom. The highest BCUT2D eigenvalue weighted by molar-refractivity contribution is 6.32. The number of pyridine rings is 1. The van der Waals surface area contributed by atoms with Gasteiger partial charge in [0.15, 0.2) is 5.75 Å². The molecule has 0 aliphatic rings. The molecule has 2 heterocycles. The van der Waals surface area contributed by atoms with Crippen molar-refractivity contribution >= 4 is 17.2 Å². The third-order valence-corrected chi connectivity index (χ3v) is 3.16. The second-order valence-electron chi connectivity index (χ2n) is 4.41. The SMILES string of the molecule is Cc1cn2cc(OCc3ccccc3)c(Cl)cc2n1. The van der Waals surface area contributed by atoms with Gasteiger partial charge < -0.3 is 9.14 Å². The van der Waals surface area contributed by atoms with Crippen LogP contribution in [0.4, 0.5) is 0 Å². The largest absolute Gasteiger partial charge is 0.486 e. The van der Waals surface area contributed by atoms with Crippen LogP contribution >= 0.6 is 11.6 Å². The molecule has 3 aromatic rings. The summed E-state index contributed by atoms with van der Waals surface area (Å²) in [7, 11) is 0. The van der Waals surface area contributed by atoms with Gasteiger partial charge in [-0.05, 0) is 12.5 Å². The average Bonchev–Trinajstić information content (AvgIpc) is 2.76. The first-order valence-corrected chi connectivity index (χ1v) is 6.42. The quantitative estimate of drug-likeness (QED) is 0.723. The van der Waals surface area contributed by atoms with Crippen LogP contribution in [-0.2, 0) is 6.61 Å². The molecule has 2 aromatic heterocycles. The molecule has 0 unspecified atom stereocenters. The van der Waals surface area contributed by atoms with Crippen molar-refractivity contribution in [2.75, 3.05) is 0 Å². The Bertz CT molecular complexity index is 707. The minimum atomic E-state index is 0.500. The Morgan fingerprint density at radius 2 is 2.00 bits per heavy atom. The van der Waals surface area contributed by atoms with Gasteiger partial charge in [-0.25, -0.2) is 4.98 Å². The Labute approximate surface area is 116 Å². The van der Waals surface area contributed by atoms with E-state index in [9.17, 15) is 0 Å². The molecular weight excluding hydrogens is 260 g/mol. The highest BCUT2D eigenvalue weighted by Gasteiger charge is 2.06. The van der Waals surface area contributed by atoms with Gasteiger partial charge in [-0.1, -0.05) is 41.9 Å². The topological polar surface area (TPSA) is 26.5 Å². The van der Waals surface area contributed by atoms with Crippen molar-refractivity contribution in [1.29, 1.82) is 0 Å². The number of hydrogen-bond acceptors (Lipinski definition) is 2. The number of imidazole rings is 1. The molecule has 0 N–H and O–H groups in total. The van der Waals surface area contributed by atoms with Crippen LogP contribution in [0.25, 0.3) is 5.65 Å². The van der Waals surface area contributed by atoms with E-state index < -0.39 is 0 Å². The molecule has 19 heavy (non-hydrogen) atoms. The Hall–Kier alpha value is -2.00. The third kappa shape index (κ3) is 2.56. The zero-order chi connectivity index (χ0) is 13.2. The van der Waals surface area contributed by atoms with Crippen LogP contribution in [-0.4, -0.2) is 9.38 Å². The molecule has 0 aliphatic heterocycles. The highest BCUT2D eigenvalue weighted by atomic mass is 35.5. The smallest absolute Gasteiger partial charge is 0.155 e. The molecule has 0 fully saturated rings. The Balaban J connectivity index is 1.86. The summed E-state index contributed by atoms with van der Waals surface area (Å²) in [6.07, 6.45) is 3.81. The predicted molar refractivity (Wildman–Crippen MR) is 75.7 cm³/mol. The molecule has 0 radical (unpaired) electrons. The highest BCUT2D eigenvalue weighted by Crippen LogP contribution is 2.26. The molecule has 96 valence electrons. The van der Waals surface area contributed by atoms with E-state index >= 15 is 0 Å². The first-order chi connectivity index (χ1) is 9.22. The molecule has 0 amide bonds. The zero-order valence-electron chi connectivity index (χ0n) is 10.5. The van der Waals surface area contributed by atoms with E-state index in [-0.39, 0.29) is 0 Å². The summed E-state index contributed by atoms with van der Waals surface area (Å²) in [6.45, 7) is 2.45. The van der Waals surface area contributed by atoms with Crippen LogP contribution in [0.15, 0.2) is 48.8 Å². The number of benzene rings is 1. The second kappa shape index (κ2) is 4.94. The monoisotopic (exact) mass is 272 g/mol. The summed E-state index contributed by atoms with van der Waals surface area (Å²) >= 11 is 6.20. The predicted octanol–water partition coefficient (Wildman–Crippen LogP) is 3.88. The van der Waals surface area contributed by atoms with E-state index in [0.717, 1.165) is 16.9 Å². The van der Waals surface area contributed by atoms with Crippen LogP contribution < -0.4 is 4.74 Å². The summed E-state index contributed by atoms with van der Waals surface area (Å²) in [5.41, 5.74) is 2.89. The molecule has 0 aliphatic carbocycles. The van der Waals surface area contributed by atoms with E-state index in [1.165, 1.54) is 0 Å². The average molecular weight is 273 g/mol. The van der Waals surface area contributed by atoms with E-state index in [0.29, 0.717) is 17.4 Å². The summed E-state index contributed by atoms with van der Waals surface area (Å²) in [5.74, 6) is 0.662. The van der Waals surface area contributed by atoms with Gasteiger partial charge in [-0.3, -0.25) is 0 Å². The molecule has 1 aromatic carbocycles. The van der Waals surface area contributed by atoms with E-state index in [1.54, 1.807) is 0 Å². The molecule has 0 bridgehead atoms. The maximum Gasteiger partial charge on any atom is 0.155 e. The van der Waals surface area contributed by atoms with Gasteiger partial charge in [-0.15, -0.1) is 0 Å². The zero-order valence-corrected chi connectivity index (χ0v) is 11.3. The number of halogens is 1. The third-order valence-electron chi connectivity index (χ3n) is 2.87. The first kappa shape index (κ1) is 12.1. The van der Waals surface area contributed by atoms with Crippen molar-refractivity contribution < 1.29 is 4.74 Å². The molecule has 0 saturated heterocycles. The molecule has 4 heteroatoms. The second-order valence-corrected chi connectivity index (χ2v) is 4.81. The molecule has 3 nitrogen and oxygen atoms in total. The van der Waals surface area contributed by atoms with Crippen molar-refractivity contribution in [3.63, 3.8) is 0 Å². The van der Waals surface area contributed by atoms with Gasteiger partial charge in [0.05, 0.1) is 16.9 Å². The minimum absolute atomic E-state index is 0.500. The summed E-state index contributed by atoms with van der Waals surface area (Å²) in [5, 5.41) is 0.578. The fourth-order valence-corrected chi connectivity index (χ4v) is 2.16. The Kier molecular flexibility index (Phi) is 3.13. The van der Waals surface area contributed by atoms with Crippen LogP contribution in [0.5, 0.6) is 5.75 Å². The number of ether oxygens (including phenoxy) is 1. The number of fused-ring (bicyclic) bond motifs is 1. The van der Waals surface area contributed by atoms with Crippen molar-refractivity contribution in [2.45, 2.75) is 13.5 Å². The van der Waals surface area contributed by atoms with E-state index in [1.807, 2.05) is 60.1 Å². The standard InChI is InChI=1S/C15H13ClN2O/c1-11-8-18-9-14(13(16)7-15(18)17-11)19-10-12-5-3-2-4-6-12/h2-9H,10H2,1H3. The van der Waals surface area contributed by atoms with Crippen LogP contribution in [0.1, 0.15) is 11.3 Å². The normalized spacial score (nSPS) is 10.8. The van der Waals surface area contributed by atoms with Crippen molar-refractivity contribution in [3.8, 4) is 5.75 Å². The number of rotatable bonds is 3. The lowest BCUT2D eigenvalue weighted by Gasteiger charge is -2.08. The van der Waals surface area contributed by atoms with Gasteiger partial charge >= 0.3 is 0 Å². The van der Waals surface area contributed by atoms with Gasteiger partial charge in [0.25, 0.3) is 0 Å². The van der Waals surface area contributed by atoms with Gasteiger partial charge in [0, 0.05) is 12.3 Å². The molecule has 0 spiro atoms. The maximum atomic E-state index is 6.20.